The first-order chi connectivity index (χ1) is 10.7. The summed E-state index contributed by atoms with van der Waals surface area (Å²) in [6.45, 7) is 5.36. The number of likely N-dealkylation sites (tertiary alicyclic amines) is 1. The fraction of sp³-hybridized carbons (Fsp3) is 0.611. The van der Waals surface area contributed by atoms with Crippen LogP contribution in [0.4, 0.5) is 0 Å². The van der Waals surface area contributed by atoms with Gasteiger partial charge in [-0.25, -0.2) is 0 Å². The standard InChI is InChI=1S/C18H27N3O.ClH/c1-14(15-6-3-2-4-7-15)21-12-9-16(10-13-21)20-18(22)17-8-5-11-19-17;/h2-4,6-7,14,16-17,19H,5,8-13H2,1H3,(H,20,22);1H. The molecule has 2 saturated heterocycles. The highest BCUT2D eigenvalue weighted by Gasteiger charge is 2.27. The molecule has 1 aromatic carbocycles. The minimum absolute atomic E-state index is 0. The van der Waals surface area contributed by atoms with Gasteiger partial charge in [-0.1, -0.05) is 30.3 Å². The van der Waals surface area contributed by atoms with Crippen molar-refractivity contribution in [1.82, 2.24) is 15.5 Å². The molecule has 2 N–H and O–H groups in total. The molecule has 0 bridgehead atoms. The van der Waals surface area contributed by atoms with Gasteiger partial charge in [-0.15, -0.1) is 12.4 Å². The first kappa shape index (κ1) is 18.2. The van der Waals surface area contributed by atoms with Crippen molar-refractivity contribution in [2.45, 2.75) is 50.7 Å². The molecule has 2 heterocycles. The maximum absolute atomic E-state index is 12.2. The molecule has 2 aliphatic heterocycles. The maximum Gasteiger partial charge on any atom is 0.237 e. The van der Waals surface area contributed by atoms with Crippen molar-refractivity contribution < 1.29 is 4.79 Å². The molecule has 5 heteroatoms. The average Bonchev–Trinajstić information content (AvgIpc) is 3.10. The Morgan fingerprint density at radius 2 is 1.91 bits per heavy atom. The van der Waals surface area contributed by atoms with Crippen LogP contribution in [0.1, 0.15) is 44.2 Å². The van der Waals surface area contributed by atoms with Gasteiger partial charge in [0.05, 0.1) is 6.04 Å². The van der Waals surface area contributed by atoms with E-state index in [1.165, 1.54) is 5.56 Å². The van der Waals surface area contributed by atoms with Crippen molar-refractivity contribution in [3.63, 3.8) is 0 Å². The highest BCUT2D eigenvalue weighted by atomic mass is 35.5. The van der Waals surface area contributed by atoms with E-state index in [1.807, 2.05) is 0 Å². The monoisotopic (exact) mass is 337 g/mol. The number of rotatable bonds is 4. The predicted octanol–water partition coefficient (Wildman–Crippen LogP) is 2.50. The van der Waals surface area contributed by atoms with Crippen molar-refractivity contribution >= 4 is 18.3 Å². The van der Waals surface area contributed by atoms with Gasteiger partial charge in [0.2, 0.25) is 5.91 Å². The summed E-state index contributed by atoms with van der Waals surface area (Å²) in [5, 5.41) is 6.50. The number of carbonyl (C=O) groups is 1. The minimum Gasteiger partial charge on any atom is -0.352 e. The van der Waals surface area contributed by atoms with Gasteiger partial charge >= 0.3 is 0 Å². The van der Waals surface area contributed by atoms with Crippen LogP contribution in [0.5, 0.6) is 0 Å². The molecule has 0 spiro atoms. The largest absolute Gasteiger partial charge is 0.352 e. The van der Waals surface area contributed by atoms with E-state index in [0.29, 0.717) is 12.1 Å². The molecule has 2 atom stereocenters. The van der Waals surface area contributed by atoms with Crippen LogP contribution < -0.4 is 10.6 Å². The summed E-state index contributed by atoms with van der Waals surface area (Å²) in [7, 11) is 0. The summed E-state index contributed by atoms with van der Waals surface area (Å²) in [5.74, 6) is 0.201. The first-order valence-electron chi connectivity index (χ1n) is 8.57. The summed E-state index contributed by atoms with van der Waals surface area (Å²) < 4.78 is 0. The van der Waals surface area contributed by atoms with Gasteiger partial charge in [-0.2, -0.15) is 0 Å². The molecule has 0 aliphatic carbocycles. The molecule has 3 rings (SSSR count). The quantitative estimate of drug-likeness (QED) is 0.887. The van der Waals surface area contributed by atoms with E-state index >= 15 is 0 Å². The van der Waals surface area contributed by atoms with E-state index in [0.717, 1.165) is 45.3 Å². The number of amides is 1. The predicted molar refractivity (Wildman–Crippen MR) is 95.9 cm³/mol. The highest BCUT2D eigenvalue weighted by Crippen LogP contribution is 2.24. The number of hydrogen-bond donors (Lipinski definition) is 2. The molecule has 2 fully saturated rings. The lowest BCUT2D eigenvalue weighted by molar-refractivity contribution is -0.123. The van der Waals surface area contributed by atoms with Crippen LogP contribution in [0.15, 0.2) is 30.3 Å². The third kappa shape index (κ3) is 4.69. The van der Waals surface area contributed by atoms with Gasteiger partial charge in [0.1, 0.15) is 0 Å². The third-order valence-corrected chi connectivity index (χ3v) is 5.08. The Bertz CT molecular complexity index is 482. The van der Waals surface area contributed by atoms with Gasteiger partial charge < -0.3 is 10.6 Å². The Balaban J connectivity index is 0.00000192. The molecule has 2 unspecified atom stereocenters. The molecule has 1 amide bonds. The van der Waals surface area contributed by atoms with E-state index in [1.54, 1.807) is 0 Å². The first-order valence-corrected chi connectivity index (χ1v) is 8.57. The van der Waals surface area contributed by atoms with Crippen molar-refractivity contribution in [2.24, 2.45) is 0 Å². The molecule has 0 aromatic heterocycles. The number of nitrogens with zero attached hydrogens (tertiary/aromatic N) is 1. The summed E-state index contributed by atoms with van der Waals surface area (Å²) in [6.07, 6.45) is 4.20. The fourth-order valence-electron chi connectivity index (χ4n) is 3.58. The van der Waals surface area contributed by atoms with Crippen molar-refractivity contribution in [3.05, 3.63) is 35.9 Å². The Kier molecular flexibility index (Phi) is 6.88. The number of carbonyl (C=O) groups excluding carboxylic acids is 1. The minimum atomic E-state index is 0. The van der Waals surface area contributed by atoms with Crippen molar-refractivity contribution in [3.8, 4) is 0 Å². The molecule has 2 aliphatic rings. The highest BCUT2D eigenvalue weighted by molar-refractivity contribution is 5.85. The van der Waals surface area contributed by atoms with E-state index in [-0.39, 0.29) is 24.4 Å². The third-order valence-electron chi connectivity index (χ3n) is 5.08. The fourth-order valence-corrected chi connectivity index (χ4v) is 3.58. The Morgan fingerprint density at radius 1 is 1.22 bits per heavy atom. The summed E-state index contributed by atoms with van der Waals surface area (Å²) >= 11 is 0. The van der Waals surface area contributed by atoms with E-state index in [9.17, 15) is 4.79 Å². The second-order valence-corrected chi connectivity index (χ2v) is 6.55. The number of nitrogens with one attached hydrogen (secondary N) is 2. The molecular weight excluding hydrogens is 310 g/mol. The van der Waals surface area contributed by atoms with Crippen molar-refractivity contribution in [2.75, 3.05) is 19.6 Å². The zero-order valence-corrected chi connectivity index (χ0v) is 14.6. The number of hydrogen-bond acceptors (Lipinski definition) is 3. The Morgan fingerprint density at radius 3 is 2.52 bits per heavy atom. The lowest BCUT2D eigenvalue weighted by atomic mass is 10.00. The van der Waals surface area contributed by atoms with Gasteiger partial charge in [-0.05, 0) is 44.7 Å². The summed E-state index contributed by atoms with van der Waals surface area (Å²) in [5.41, 5.74) is 1.38. The van der Waals surface area contributed by atoms with Crippen LogP contribution >= 0.6 is 12.4 Å². The van der Waals surface area contributed by atoms with Crippen LogP contribution in [0.3, 0.4) is 0 Å². The lowest BCUT2D eigenvalue weighted by Crippen LogP contribution is -2.49. The van der Waals surface area contributed by atoms with Gasteiger partial charge in [0, 0.05) is 25.2 Å². The van der Waals surface area contributed by atoms with Crippen LogP contribution in [0.25, 0.3) is 0 Å². The number of benzene rings is 1. The Labute approximate surface area is 145 Å². The molecule has 1 aromatic rings. The van der Waals surface area contributed by atoms with Crippen LogP contribution in [-0.2, 0) is 4.79 Å². The average molecular weight is 338 g/mol. The molecular formula is C18H28ClN3O. The Hall–Kier alpha value is -1.10. The molecule has 23 heavy (non-hydrogen) atoms. The topological polar surface area (TPSA) is 44.4 Å². The van der Waals surface area contributed by atoms with Gasteiger partial charge in [0.15, 0.2) is 0 Å². The lowest BCUT2D eigenvalue weighted by Gasteiger charge is -2.36. The van der Waals surface area contributed by atoms with Crippen LogP contribution in [-0.4, -0.2) is 42.5 Å². The van der Waals surface area contributed by atoms with E-state index in [2.05, 4.69) is 52.8 Å². The second kappa shape index (κ2) is 8.67. The smallest absolute Gasteiger partial charge is 0.237 e. The zero-order chi connectivity index (χ0) is 15.4. The maximum atomic E-state index is 12.2. The molecule has 128 valence electrons. The molecule has 0 radical (unpaired) electrons. The summed E-state index contributed by atoms with van der Waals surface area (Å²) in [4.78, 5) is 14.7. The molecule has 4 nitrogen and oxygen atoms in total. The summed E-state index contributed by atoms with van der Waals surface area (Å²) in [6, 6.07) is 11.5. The SMILES string of the molecule is CC(c1ccccc1)N1CCC(NC(=O)C2CCCN2)CC1.Cl. The van der Waals surface area contributed by atoms with Crippen LogP contribution in [0, 0.1) is 0 Å². The van der Waals surface area contributed by atoms with E-state index in [4.69, 9.17) is 0 Å². The normalized spacial score (nSPS) is 24.0. The second-order valence-electron chi connectivity index (χ2n) is 6.55. The van der Waals surface area contributed by atoms with E-state index < -0.39 is 0 Å². The van der Waals surface area contributed by atoms with Crippen molar-refractivity contribution in [1.29, 1.82) is 0 Å². The van der Waals surface area contributed by atoms with Gasteiger partial charge in [-0.3, -0.25) is 9.69 Å². The molecule has 0 saturated carbocycles. The zero-order valence-electron chi connectivity index (χ0n) is 13.8. The van der Waals surface area contributed by atoms with Crippen LogP contribution in [0.2, 0.25) is 0 Å². The number of piperidine rings is 1. The number of halogens is 1. The van der Waals surface area contributed by atoms with Gasteiger partial charge in [0.25, 0.3) is 0 Å².